The Balaban J connectivity index is 2.34. The van der Waals surface area contributed by atoms with Crippen molar-refractivity contribution in [2.24, 2.45) is 0 Å². The third kappa shape index (κ3) is 2.27. The summed E-state index contributed by atoms with van der Waals surface area (Å²) in [6.07, 6.45) is 6.14. The van der Waals surface area contributed by atoms with E-state index < -0.39 is 0 Å². The van der Waals surface area contributed by atoms with Crippen molar-refractivity contribution < 1.29 is 0 Å². The van der Waals surface area contributed by atoms with Crippen molar-refractivity contribution in [1.29, 1.82) is 0 Å². The van der Waals surface area contributed by atoms with Gasteiger partial charge < -0.3 is 0 Å². The lowest BCUT2D eigenvalue weighted by molar-refractivity contribution is 1.01. The first kappa shape index (κ1) is 9.97. The third-order valence-electron chi connectivity index (χ3n) is 2.63. The molecule has 0 aliphatic rings. The highest BCUT2D eigenvalue weighted by Crippen LogP contribution is 2.19. The number of benzene rings is 2. The van der Waals surface area contributed by atoms with E-state index in [4.69, 9.17) is 0 Å². The Bertz CT molecular complexity index is 461. The van der Waals surface area contributed by atoms with Crippen LogP contribution in [-0.2, 0) is 6.42 Å². The molecule has 2 rings (SSSR count). The number of hydrogen-bond donors (Lipinski definition) is 0. The quantitative estimate of drug-likeness (QED) is 0.689. The molecule has 0 heterocycles. The van der Waals surface area contributed by atoms with Crippen LogP contribution in [0.5, 0.6) is 0 Å². The molecule has 1 radical (unpaired) electrons. The van der Waals surface area contributed by atoms with Crippen molar-refractivity contribution in [2.75, 3.05) is 0 Å². The topological polar surface area (TPSA) is 0 Å². The van der Waals surface area contributed by atoms with Crippen molar-refractivity contribution in [1.82, 2.24) is 0 Å². The van der Waals surface area contributed by atoms with Crippen molar-refractivity contribution >= 4 is 10.8 Å². The van der Waals surface area contributed by atoms with Crippen molar-refractivity contribution in [3.8, 4) is 0 Å². The molecule has 0 fully saturated rings. The third-order valence-corrected chi connectivity index (χ3v) is 2.63. The van der Waals surface area contributed by atoms with Crippen LogP contribution in [-0.4, -0.2) is 0 Å². The molecule has 0 atom stereocenters. The molecule has 0 unspecified atom stereocenters. The van der Waals surface area contributed by atoms with E-state index in [9.17, 15) is 0 Å². The molecule has 0 N–H and O–H groups in total. The standard InChI is InChI=1S/C15H15/c1-2-3-4-8-13-10-7-11-14-9-5-6-12-15(13)14/h2-3,5-7,9-12H,1,4,8H2. The zero-order chi connectivity index (χ0) is 10.5. The molecule has 0 aliphatic heterocycles. The van der Waals surface area contributed by atoms with Gasteiger partial charge in [0.15, 0.2) is 0 Å². The molecule has 2 aromatic carbocycles. The summed E-state index contributed by atoms with van der Waals surface area (Å²) in [6.45, 7) is 3.70. The fraction of sp³-hybridized carbons (Fsp3) is 0.133. The van der Waals surface area contributed by atoms with Gasteiger partial charge in [0.1, 0.15) is 0 Å². The average Bonchev–Trinajstić information content (AvgIpc) is 2.30. The van der Waals surface area contributed by atoms with Crippen molar-refractivity contribution in [3.63, 3.8) is 0 Å². The van der Waals surface area contributed by atoms with E-state index in [-0.39, 0.29) is 0 Å². The van der Waals surface area contributed by atoms with Gasteiger partial charge in [-0.25, -0.2) is 0 Å². The molecule has 15 heavy (non-hydrogen) atoms. The van der Waals surface area contributed by atoms with E-state index in [1.54, 1.807) is 0 Å². The van der Waals surface area contributed by atoms with Gasteiger partial charge in [0.25, 0.3) is 0 Å². The lowest BCUT2D eigenvalue weighted by atomic mass is 10.0. The van der Waals surface area contributed by atoms with Gasteiger partial charge in [0.2, 0.25) is 0 Å². The van der Waals surface area contributed by atoms with Crippen LogP contribution < -0.4 is 0 Å². The Morgan fingerprint density at radius 3 is 2.67 bits per heavy atom. The fourth-order valence-corrected chi connectivity index (χ4v) is 1.87. The lowest BCUT2D eigenvalue weighted by Crippen LogP contribution is -1.85. The van der Waals surface area contributed by atoms with E-state index in [0.29, 0.717) is 0 Å². The van der Waals surface area contributed by atoms with Crippen LogP contribution in [0.25, 0.3) is 10.8 Å². The van der Waals surface area contributed by atoms with E-state index >= 15 is 0 Å². The zero-order valence-corrected chi connectivity index (χ0v) is 8.82. The second-order valence-corrected chi connectivity index (χ2v) is 3.65. The second-order valence-electron chi connectivity index (χ2n) is 3.65. The summed E-state index contributed by atoms with van der Waals surface area (Å²) in [5, 5.41) is 2.70. The monoisotopic (exact) mass is 195 g/mol. The Kier molecular flexibility index (Phi) is 3.18. The zero-order valence-electron chi connectivity index (χ0n) is 8.82. The van der Waals surface area contributed by atoms with Crippen molar-refractivity contribution in [3.05, 3.63) is 67.1 Å². The van der Waals surface area contributed by atoms with Gasteiger partial charge in [0, 0.05) is 0 Å². The molecule has 0 aliphatic carbocycles. The van der Waals surface area contributed by atoms with Gasteiger partial charge in [-0.2, -0.15) is 0 Å². The Labute approximate surface area is 91.2 Å². The first-order chi connectivity index (χ1) is 7.42. The summed E-state index contributed by atoms with van der Waals surface area (Å²) in [6, 6.07) is 15.0. The first-order valence-electron chi connectivity index (χ1n) is 5.32. The number of aryl methyl sites for hydroxylation is 1. The van der Waals surface area contributed by atoms with Crippen LogP contribution in [0.3, 0.4) is 0 Å². The minimum Gasteiger partial charge on any atom is -0.0882 e. The van der Waals surface area contributed by atoms with E-state index in [1.807, 2.05) is 6.08 Å². The predicted octanol–water partition coefficient (Wildman–Crippen LogP) is 4.16. The lowest BCUT2D eigenvalue weighted by Gasteiger charge is -2.04. The maximum atomic E-state index is 3.70. The maximum absolute atomic E-state index is 3.70. The van der Waals surface area contributed by atoms with Crippen LogP contribution in [0.4, 0.5) is 0 Å². The van der Waals surface area contributed by atoms with Gasteiger partial charge in [0.05, 0.1) is 0 Å². The number of rotatable bonds is 3. The Hall–Kier alpha value is -1.56. The summed E-state index contributed by atoms with van der Waals surface area (Å²) in [7, 11) is 0. The number of hydrogen-bond acceptors (Lipinski definition) is 0. The molecule has 0 amide bonds. The van der Waals surface area contributed by atoms with Gasteiger partial charge in [-0.15, -0.1) is 0 Å². The minimum absolute atomic E-state index is 1.07. The van der Waals surface area contributed by atoms with Crippen LogP contribution >= 0.6 is 0 Å². The molecule has 2 aromatic rings. The van der Waals surface area contributed by atoms with Crippen LogP contribution in [0.15, 0.2) is 54.6 Å². The molecule has 0 bridgehead atoms. The normalized spacial score (nSPS) is 11.3. The van der Waals surface area contributed by atoms with Crippen LogP contribution in [0, 0.1) is 6.92 Å². The summed E-state index contributed by atoms with van der Waals surface area (Å²) in [5.74, 6) is 0. The van der Waals surface area contributed by atoms with Gasteiger partial charge in [-0.05, 0) is 36.1 Å². The molecule has 0 saturated heterocycles. The molecule has 0 heteroatoms. The highest BCUT2D eigenvalue weighted by molar-refractivity contribution is 5.85. The van der Waals surface area contributed by atoms with Gasteiger partial charge >= 0.3 is 0 Å². The largest absolute Gasteiger partial charge is 0.0882 e. The van der Waals surface area contributed by atoms with E-state index in [0.717, 1.165) is 12.8 Å². The molecule has 0 aromatic heterocycles. The van der Waals surface area contributed by atoms with Crippen LogP contribution in [0.1, 0.15) is 12.0 Å². The predicted molar refractivity (Wildman–Crippen MR) is 66.8 cm³/mol. The van der Waals surface area contributed by atoms with E-state index in [1.165, 1.54) is 16.3 Å². The van der Waals surface area contributed by atoms with Gasteiger partial charge in [-0.1, -0.05) is 54.6 Å². The highest BCUT2D eigenvalue weighted by atomic mass is 14.0. The second kappa shape index (κ2) is 4.79. The molecule has 0 nitrogen and oxygen atoms in total. The SMILES string of the molecule is [CH2]C=CCCc1cccc2ccccc12. The van der Waals surface area contributed by atoms with E-state index in [2.05, 4.69) is 55.5 Å². The Morgan fingerprint density at radius 1 is 1.00 bits per heavy atom. The average molecular weight is 195 g/mol. The smallest absolute Gasteiger partial charge is 0.0152 e. The van der Waals surface area contributed by atoms with Gasteiger partial charge in [-0.3, -0.25) is 0 Å². The highest BCUT2D eigenvalue weighted by Gasteiger charge is 1.98. The molecule has 75 valence electrons. The molecular formula is C15H15. The summed E-state index contributed by atoms with van der Waals surface area (Å²) < 4.78 is 0. The van der Waals surface area contributed by atoms with Crippen LogP contribution in [0.2, 0.25) is 0 Å². The summed E-state index contributed by atoms with van der Waals surface area (Å²) in [5.41, 5.74) is 1.42. The molecular weight excluding hydrogens is 180 g/mol. The summed E-state index contributed by atoms with van der Waals surface area (Å²) in [4.78, 5) is 0. The fourth-order valence-electron chi connectivity index (χ4n) is 1.87. The number of allylic oxidation sites excluding steroid dienone is 2. The Morgan fingerprint density at radius 2 is 1.80 bits per heavy atom. The maximum Gasteiger partial charge on any atom is -0.0152 e. The summed E-state index contributed by atoms with van der Waals surface area (Å²) >= 11 is 0. The molecule has 0 spiro atoms. The first-order valence-corrected chi connectivity index (χ1v) is 5.32. The number of fused-ring (bicyclic) bond motifs is 1. The molecule has 0 saturated carbocycles. The van der Waals surface area contributed by atoms with Crippen molar-refractivity contribution in [2.45, 2.75) is 12.8 Å². The minimum atomic E-state index is 1.07.